The first-order valence-electron chi connectivity index (χ1n) is 8.05. The van der Waals surface area contributed by atoms with Crippen LogP contribution in [-0.4, -0.2) is 26.7 Å². The van der Waals surface area contributed by atoms with Crippen LogP contribution >= 0.6 is 0 Å². The third-order valence-electron chi connectivity index (χ3n) is 3.78. The van der Waals surface area contributed by atoms with Gasteiger partial charge in [-0.25, -0.2) is 4.39 Å². The predicted octanol–water partition coefficient (Wildman–Crippen LogP) is 4.82. The Hall–Kier alpha value is -0.916. The summed E-state index contributed by atoms with van der Waals surface area (Å²) in [7, 11) is -2.81. The molecule has 2 nitrogen and oxygen atoms in total. The first kappa shape index (κ1) is 17.4. The van der Waals surface area contributed by atoms with Gasteiger partial charge in [-0.05, 0) is 36.4 Å². The van der Waals surface area contributed by atoms with Crippen LogP contribution in [0.3, 0.4) is 0 Å². The summed E-state index contributed by atoms with van der Waals surface area (Å²) in [5.74, 6) is -0.145. The lowest BCUT2D eigenvalue weighted by molar-refractivity contribution is 0.629. The summed E-state index contributed by atoms with van der Waals surface area (Å²) in [5, 5.41) is 1.08. The normalized spacial score (nSPS) is 14.5. The zero-order chi connectivity index (χ0) is 16.7. The lowest BCUT2D eigenvalue weighted by atomic mass is 10.1. The molecule has 0 aliphatic heterocycles. The van der Waals surface area contributed by atoms with Crippen LogP contribution < -0.4 is 4.98 Å². The molecular weight excluding hydrogens is 307 g/mol. The molecule has 0 radical (unpaired) electrons. The molecule has 0 fully saturated rings. The average Bonchev–Trinajstić information content (AvgIpc) is 2.64. The molecule has 1 N–H and O–H groups in total. The number of nitrogens with zero attached hydrogens (tertiary/aromatic N) is 1. The quantitative estimate of drug-likeness (QED) is 0.775. The van der Waals surface area contributed by atoms with Gasteiger partial charge in [-0.3, -0.25) is 0 Å². The summed E-state index contributed by atoms with van der Waals surface area (Å²) in [5.41, 5.74) is 2.44. The Morgan fingerprint density at radius 1 is 1.14 bits per heavy atom. The van der Waals surface area contributed by atoms with Crippen LogP contribution in [-0.2, 0) is 6.42 Å². The maximum absolute atomic E-state index is 13.7. The highest BCUT2D eigenvalue weighted by molar-refractivity contribution is 6.75. The van der Waals surface area contributed by atoms with E-state index in [-0.39, 0.29) is 5.82 Å². The number of fused-ring (bicyclic) bond motifs is 1. The Bertz CT molecular complexity index is 666. The third kappa shape index (κ3) is 4.09. The maximum Gasteiger partial charge on any atom is 0.152 e. The molecule has 1 unspecified atom stereocenters. The first-order valence-corrected chi connectivity index (χ1v) is 15.0. The molecule has 0 saturated carbocycles. The molecular formula is C17H29FN2Si2. The van der Waals surface area contributed by atoms with Crippen molar-refractivity contribution in [3.8, 4) is 0 Å². The standard InChI is InChI=1S/C17H29FN2Si2/c1-13(19-21(2,3)4)10-14-12-20(22(5,6)7)17-9-8-15(18)11-16(14)17/h8-9,11-13,19H,10H2,1-7H3. The second-order valence-electron chi connectivity index (χ2n) is 8.36. The molecule has 0 spiro atoms. The van der Waals surface area contributed by atoms with E-state index in [1.807, 2.05) is 6.07 Å². The molecule has 1 heterocycles. The largest absolute Gasteiger partial charge is 0.375 e. The zero-order valence-corrected chi connectivity index (χ0v) is 16.9. The predicted molar refractivity (Wildman–Crippen MR) is 100 cm³/mol. The minimum absolute atomic E-state index is 0.145. The monoisotopic (exact) mass is 336 g/mol. The summed E-state index contributed by atoms with van der Waals surface area (Å²) in [6.07, 6.45) is 3.21. The maximum atomic E-state index is 13.7. The summed E-state index contributed by atoms with van der Waals surface area (Å²) < 4.78 is 16.1. The Kier molecular flexibility index (Phi) is 4.71. The minimum Gasteiger partial charge on any atom is -0.375 e. The van der Waals surface area contributed by atoms with Crippen LogP contribution in [0, 0.1) is 5.82 Å². The van der Waals surface area contributed by atoms with Crippen LogP contribution in [0.15, 0.2) is 24.4 Å². The topological polar surface area (TPSA) is 17.0 Å². The Balaban J connectivity index is 2.43. The summed E-state index contributed by atoms with van der Waals surface area (Å²) in [6, 6.07) is 5.62. The summed E-state index contributed by atoms with van der Waals surface area (Å²) in [6.45, 7) is 16.1. The van der Waals surface area contributed by atoms with Crippen molar-refractivity contribution in [3.63, 3.8) is 0 Å². The second-order valence-corrected chi connectivity index (χ2v) is 18.0. The van der Waals surface area contributed by atoms with Crippen molar-refractivity contribution in [2.75, 3.05) is 0 Å². The highest BCUT2D eigenvalue weighted by Gasteiger charge is 2.22. The second kappa shape index (κ2) is 5.94. The minimum atomic E-state index is -1.51. The molecule has 1 atom stereocenters. The van der Waals surface area contributed by atoms with Crippen LogP contribution in [0.1, 0.15) is 12.5 Å². The van der Waals surface area contributed by atoms with Gasteiger partial charge in [-0.2, -0.15) is 0 Å². The Morgan fingerprint density at radius 2 is 1.77 bits per heavy atom. The molecule has 0 aliphatic carbocycles. The summed E-state index contributed by atoms with van der Waals surface area (Å²) in [4.78, 5) is 3.74. The fourth-order valence-electron chi connectivity index (χ4n) is 3.11. The van der Waals surface area contributed by atoms with Crippen molar-refractivity contribution in [3.05, 3.63) is 35.8 Å². The van der Waals surface area contributed by atoms with Gasteiger partial charge in [-0.15, -0.1) is 0 Å². The van der Waals surface area contributed by atoms with Crippen molar-refractivity contribution in [1.82, 2.24) is 9.22 Å². The molecule has 122 valence electrons. The first-order chi connectivity index (χ1) is 9.97. The summed E-state index contributed by atoms with van der Waals surface area (Å²) >= 11 is 0. The van der Waals surface area contributed by atoms with Gasteiger partial charge in [0.25, 0.3) is 0 Å². The average molecular weight is 337 g/mol. The van der Waals surface area contributed by atoms with E-state index in [4.69, 9.17) is 0 Å². The van der Waals surface area contributed by atoms with E-state index in [0.29, 0.717) is 6.04 Å². The van der Waals surface area contributed by atoms with Crippen molar-refractivity contribution >= 4 is 27.4 Å². The molecule has 22 heavy (non-hydrogen) atoms. The number of hydrogen-bond donors (Lipinski definition) is 1. The molecule has 0 bridgehead atoms. The van der Waals surface area contributed by atoms with E-state index in [9.17, 15) is 4.39 Å². The fraction of sp³-hybridized carbons (Fsp3) is 0.529. The lowest BCUT2D eigenvalue weighted by Gasteiger charge is -2.24. The van der Waals surface area contributed by atoms with E-state index in [1.54, 1.807) is 12.1 Å². The molecule has 0 saturated heterocycles. The van der Waals surface area contributed by atoms with Crippen LogP contribution in [0.2, 0.25) is 39.3 Å². The molecule has 2 rings (SSSR count). The van der Waals surface area contributed by atoms with Gasteiger partial charge < -0.3 is 9.22 Å². The molecule has 0 aliphatic rings. The SMILES string of the molecule is CC(Cc1cn([Si](C)(C)C)c2ccc(F)cc12)N[Si](C)(C)C. The van der Waals surface area contributed by atoms with Gasteiger partial charge in [0.2, 0.25) is 0 Å². The van der Waals surface area contributed by atoms with Crippen molar-refractivity contribution in [2.24, 2.45) is 0 Å². The zero-order valence-electron chi connectivity index (χ0n) is 14.9. The number of hydrogen-bond acceptors (Lipinski definition) is 1. The fourth-order valence-corrected chi connectivity index (χ4v) is 6.15. The van der Waals surface area contributed by atoms with Crippen LogP contribution in [0.25, 0.3) is 10.9 Å². The van der Waals surface area contributed by atoms with Gasteiger partial charge in [-0.1, -0.05) is 46.2 Å². The molecule has 2 aromatic rings. The van der Waals surface area contributed by atoms with E-state index < -0.39 is 16.5 Å². The van der Waals surface area contributed by atoms with Gasteiger partial charge in [0, 0.05) is 16.9 Å². The van der Waals surface area contributed by atoms with E-state index >= 15 is 0 Å². The number of nitrogens with one attached hydrogen (secondary N) is 1. The van der Waals surface area contributed by atoms with Gasteiger partial charge >= 0.3 is 0 Å². The number of aromatic nitrogens is 1. The Labute approximate surface area is 135 Å². The molecule has 5 heteroatoms. The third-order valence-corrected chi connectivity index (χ3v) is 6.95. The molecule has 1 aromatic heterocycles. The van der Waals surface area contributed by atoms with E-state index in [0.717, 1.165) is 11.8 Å². The van der Waals surface area contributed by atoms with Crippen LogP contribution in [0.4, 0.5) is 4.39 Å². The molecule has 1 aromatic carbocycles. The van der Waals surface area contributed by atoms with Gasteiger partial charge in [0.05, 0.1) is 0 Å². The molecule has 0 amide bonds. The van der Waals surface area contributed by atoms with E-state index in [1.165, 1.54) is 11.1 Å². The van der Waals surface area contributed by atoms with Crippen molar-refractivity contribution < 1.29 is 4.39 Å². The van der Waals surface area contributed by atoms with Gasteiger partial charge in [0.15, 0.2) is 8.24 Å². The number of benzene rings is 1. The lowest BCUT2D eigenvalue weighted by Crippen LogP contribution is -2.47. The smallest absolute Gasteiger partial charge is 0.152 e. The van der Waals surface area contributed by atoms with Crippen molar-refractivity contribution in [1.29, 1.82) is 0 Å². The number of rotatable bonds is 5. The van der Waals surface area contributed by atoms with Crippen molar-refractivity contribution in [2.45, 2.75) is 58.7 Å². The van der Waals surface area contributed by atoms with E-state index in [2.05, 4.69) is 61.6 Å². The Morgan fingerprint density at radius 3 is 2.32 bits per heavy atom. The highest BCUT2D eigenvalue weighted by Crippen LogP contribution is 2.27. The van der Waals surface area contributed by atoms with Gasteiger partial charge in [0.1, 0.15) is 14.1 Å². The highest BCUT2D eigenvalue weighted by atomic mass is 28.3. The van der Waals surface area contributed by atoms with Crippen LogP contribution in [0.5, 0.6) is 0 Å². The number of halogens is 1.